The predicted octanol–water partition coefficient (Wildman–Crippen LogP) is 23.3. The maximum Gasteiger partial charge on any atom is 0.305 e. The Labute approximate surface area is 654 Å². The monoisotopic (exact) mass is 1480 g/mol. The number of esters is 4. The fourth-order valence-corrected chi connectivity index (χ4v) is 16.8. The van der Waals surface area contributed by atoms with Gasteiger partial charge in [0.25, 0.3) is 0 Å². The summed E-state index contributed by atoms with van der Waals surface area (Å²) in [6.07, 6.45) is 3.29. The lowest BCUT2D eigenvalue weighted by Crippen LogP contribution is -2.46. The lowest BCUT2D eigenvalue weighted by molar-refractivity contribution is -0.141. The van der Waals surface area contributed by atoms with E-state index in [1.807, 2.05) is 12.1 Å². The number of methoxy groups -OCH3 is 4. The molecule has 0 fully saturated rings. The molecule has 0 atom stereocenters. The van der Waals surface area contributed by atoms with Gasteiger partial charge in [0.1, 0.15) is 11.5 Å². The Hall–Kier alpha value is -7.20. The second-order valence-electron chi connectivity index (χ2n) is 41.7. The number of ether oxygens (including phenoxy) is 4. The van der Waals surface area contributed by atoms with Gasteiger partial charge in [0.05, 0.1) is 28.4 Å². The van der Waals surface area contributed by atoms with Gasteiger partial charge in [-0.05, 0) is 241 Å². The number of carbonyl (C=O) groups excluding carboxylic acids is 4. The highest BCUT2D eigenvalue weighted by Gasteiger charge is 2.55. The molecule has 0 spiro atoms. The molecule has 0 saturated heterocycles. The Morgan fingerprint density at radius 3 is 0.583 bits per heavy atom. The Bertz CT molecular complexity index is 3850. The highest BCUT2D eigenvalue weighted by Crippen LogP contribution is 2.63. The van der Waals surface area contributed by atoms with Gasteiger partial charge in [-0.25, -0.2) is 0 Å². The number of hydrogen-bond donors (Lipinski definition) is 2. The van der Waals surface area contributed by atoms with Crippen LogP contribution in [0.1, 0.15) is 369 Å². The molecule has 108 heavy (non-hydrogen) atoms. The topological polar surface area (TPSA) is 146 Å². The highest BCUT2D eigenvalue weighted by atomic mass is 16.5. The minimum atomic E-state index is -1.25. The van der Waals surface area contributed by atoms with Gasteiger partial charge >= 0.3 is 23.9 Å². The average molecular weight is 1480 g/mol. The van der Waals surface area contributed by atoms with E-state index in [1.54, 1.807) is 0 Å². The third kappa shape index (κ3) is 19.6. The van der Waals surface area contributed by atoms with E-state index in [9.17, 15) is 29.4 Å². The van der Waals surface area contributed by atoms with Crippen LogP contribution in [0.2, 0.25) is 0 Å². The molecule has 594 valence electrons. The van der Waals surface area contributed by atoms with E-state index < -0.39 is 65.0 Å². The summed E-state index contributed by atoms with van der Waals surface area (Å²) < 4.78 is 21.7. The van der Waals surface area contributed by atoms with E-state index in [0.717, 1.165) is 106 Å². The fourth-order valence-electron chi connectivity index (χ4n) is 16.8. The van der Waals surface area contributed by atoms with Crippen LogP contribution in [0.5, 0.6) is 11.5 Å². The summed E-state index contributed by atoms with van der Waals surface area (Å²) in [5, 5.41) is 25.7. The Morgan fingerprint density at radius 2 is 0.417 bits per heavy atom. The van der Waals surface area contributed by atoms with Gasteiger partial charge in [0.15, 0.2) is 0 Å². The van der Waals surface area contributed by atoms with Crippen molar-refractivity contribution >= 4 is 23.9 Å². The fraction of sp³-hybridized carbons (Fsp3) is 0.592. The molecule has 0 unspecified atom stereocenters. The predicted molar refractivity (Wildman–Crippen MR) is 449 cm³/mol. The molecule has 0 aliphatic carbocycles. The lowest BCUT2D eigenvalue weighted by Gasteiger charge is -2.53. The SMILES string of the molecule is COC(=O)CCc1cc(C(C)(C)C)c(C(CCC(c2c(C(C)(C)C)cc(CCC(=O)OC)cc2C(C)(C)C)(c2c(C(C)(C)C)cc(CCC(=O)OC)cc2C(C)(C)C)c2c(C(C)(C)C)cc(CCC(=O)OC)cc2C(C)(C)C)(c2cc(C(C)(C)C)c(O)cc2C)c2cc(C(C)(C)C)c(O)cc2C)c(C(C)(C)C)c1. The molecule has 6 rings (SSSR count). The van der Waals surface area contributed by atoms with Crippen LogP contribution in [0.3, 0.4) is 0 Å². The first kappa shape index (κ1) is 89.7. The van der Waals surface area contributed by atoms with E-state index in [1.165, 1.54) is 45.1 Å². The van der Waals surface area contributed by atoms with Crippen molar-refractivity contribution in [3.05, 3.63) is 195 Å². The molecule has 6 aromatic carbocycles. The summed E-state index contributed by atoms with van der Waals surface area (Å²) in [5.41, 5.74) is 14.8. The van der Waals surface area contributed by atoms with Crippen LogP contribution in [0.15, 0.2) is 72.8 Å². The van der Waals surface area contributed by atoms with E-state index in [0.29, 0.717) is 38.5 Å². The summed E-state index contributed by atoms with van der Waals surface area (Å²) in [6, 6.07) is 28.0. The van der Waals surface area contributed by atoms with Gasteiger partial charge in [-0.15, -0.1) is 0 Å². The standard InChI is InChI=1S/C98H142O10/c1-59-47-77(99)67(87(3,4)5)57-65(59)97(66-58-68(88(6,7)8)78(100)48-60(66)2,83-69(89(9,10)11)49-61(37-41-79(101)105-33)50-70(83)90(12,13)14)45-46-98(84-71(91(15,16)17)51-62(38-42-80(102)106-34)52-72(84)92(18,19)20,85-73(93(21,22)23)53-63(39-43-81(103)107-35)54-74(85)94(24,25)26)86-75(95(27,28)29)55-64(40-44-82(104)108-36)56-76(86)96(30,31)32/h47-58,99-100H,37-46H2,1-36H3. The maximum absolute atomic E-state index is 13.6. The second-order valence-corrected chi connectivity index (χ2v) is 41.7. The van der Waals surface area contributed by atoms with Crippen LogP contribution in [0.4, 0.5) is 0 Å². The second kappa shape index (κ2) is 31.9. The van der Waals surface area contributed by atoms with Crippen LogP contribution in [-0.2, 0) is 129 Å². The first-order valence-electron chi connectivity index (χ1n) is 39.7. The lowest BCUT2D eigenvalue weighted by atomic mass is 9.50. The van der Waals surface area contributed by atoms with E-state index in [4.69, 9.17) is 18.9 Å². The van der Waals surface area contributed by atoms with Gasteiger partial charge in [-0.1, -0.05) is 268 Å². The number of phenolic OH excluding ortho intramolecular Hbond substituents is 2. The zero-order valence-electron chi connectivity index (χ0n) is 74.2. The Morgan fingerprint density at radius 1 is 0.250 bits per heavy atom. The van der Waals surface area contributed by atoms with E-state index in [2.05, 4.69) is 282 Å². The molecule has 0 aliphatic heterocycles. The van der Waals surface area contributed by atoms with Gasteiger partial charge < -0.3 is 29.2 Å². The van der Waals surface area contributed by atoms with Gasteiger partial charge in [0.2, 0.25) is 0 Å². The van der Waals surface area contributed by atoms with Crippen LogP contribution in [0.25, 0.3) is 0 Å². The van der Waals surface area contributed by atoms with Crippen molar-refractivity contribution in [2.45, 2.75) is 351 Å². The van der Waals surface area contributed by atoms with Crippen molar-refractivity contribution in [1.82, 2.24) is 0 Å². The number of phenols is 2. The first-order chi connectivity index (χ1) is 49.0. The smallest absolute Gasteiger partial charge is 0.305 e. The van der Waals surface area contributed by atoms with Crippen molar-refractivity contribution in [3.63, 3.8) is 0 Å². The van der Waals surface area contributed by atoms with E-state index >= 15 is 0 Å². The molecule has 2 N–H and O–H groups in total. The molecular formula is C98H142O10. The van der Waals surface area contributed by atoms with Crippen molar-refractivity contribution in [2.75, 3.05) is 28.4 Å². The molecule has 0 aromatic heterocycles. The summed E-state index contributed by atoms with van der Waals surface area (Å²) in [7, 11) is 5.84. The molecule has 0 saturated carbocycles. The third-order valence-corrected chi connectivity index (χ3v) is 22.4. The molecule has 0 heterocycles. The quantitative estimate of drug-likeness (QED) is 0.0406. The first-order valence-corrected chi connectivity index (χ1v) is 39.7. The molecular weight excluding hydrogens is 1340 g/mol. The summed E-state index contributed by atoms with van der Waals surface area (Å²) in [5.74, 6) is -0.723. The molecule has 0 aliphatic rings. The summed E-state index contributed by atoms with van der Waals surface area (Å²) in [4.78, 5) is 54.4. The molecule has 0 bridgehead atoms. The number of benzene rings is 6. The van der Waals surface area contributed by atoms with Crippen molar-refractivity contribution in [3.8, 4) is 11.5 Å². The third-order valence-electron chi connectivity index (χ3n) is 22.4. The molecule has 10 nitrogen and oxygen atoms in total. The van der Waals surface area contributed by atoms with Gasteiger partial charge in [-0.2, -0.15) is 0 Å². The van der Waals surface area contributed by atoms with Crippen LogP contribution < -0.4 is 0 Å². The Kier molecular flexibility index (Phi) is 26.5. The molecule has 10 heteroatoms. The van der Waals surface area contributed by atoms with Crippen LogP contribution >= 0.6 is 0 Å². The number of carbonyl (C=O) groups is 4. The molecule has 0 radical (unpaired) electrons. The molecule has 0 amide bonds. The van der Waals surface area contributed by atoms with Crippen molar-refractivity contribution in [2.24, 2.45) is 0 Å². The summed E-state index contributed by atoms with van der Waals surface area (Å²) >= 11 is 0. The number of aromatic hydroxyl groups is 2. The minimum Gasteiger partial charge on any atom is -0.508 e. The normalized spacial score (nSPS) is 13.4. The maximum atomic E-state index is 13.6. The van der Waals surface area contributed by atoms with Crippen LogP contribution in [-0.4, -0.2) is 62.5 Å². The zero-order chi connectivity index (χ0) is 82.6. The highest BCUT2D eigenvalue weighted by molar-refractivity contribution is 5.75. The van der Waals surface area contributed by atoms with Crippen molar-refractivity contribution < 1.29 is 48.3 Å². The van der Waals surface area contributed by atoms with Gasteiger partial charge in [-0.3, -0.25) is 19.2 Å². The largest absolute Gasteiger partial charge is 0.508 e. The van der Waals surface area contributed by atoms with Crippen LogP contribution in [0, 0.1) is 13.8 Å². The minimum absolute atomic E-state index is 0.181. The zero-order valence-corrected chi connectivity index (χ0v) is 74.2. The molecule has 6 aromatic rings. The van der Waals surface area contributed by atoms with E-state index in [-0.39, 0.29) is 61.1 Å². The summed E-state index contributed by atoms with van der Waals surface area (Å²) in [6.45, 7) is 73.6. The number of aryl methyl sites for hydroxylation is 6. The number of hydrogen-bond acceptors (Lipinski definition) is 10. The van der Waals surface area contributed by atoms with Gasteiger partial charge in [0, 0.05) is 36.5 Å². The average Bonchev–Trinajstić information content (AvgIpc) is 0.684. The van der Waals surface area contributed by atoms with Crippen molar-refractivity contribution in [1.29, 1.82) is 0 Å². The Balaban J connectivity index is 2.39. The number of rotatable bonds is 21.